The van der Waals surface area contributed by atoms with Gasteiger partial charge in [0.25, 0.3) is 0 Å². The molecule has 1 fully saturated rings. The van der Waals surface area contributed by atoms with Gasteiger partial charge in [-0.1, -0.05) is 49.4 Å². The number of nitrogens with zero attached hydrogens (tertiary/aromatic N) is 2. The van der Waals surface area contributed by atoms with Crippen molar-refractivity contribution in [3.8, 4) is 10.4 Å². The van der Waals surface area contributed by atoms with E-state index in [1.54, 1.807) is 0 Å². The van der Waals surface area contributed by atoms with Gasteiger partial charge in [-0.15, -0.1) is 0 Å². The first-order valence-electron chi connectivity index (χ1n) is 8.30. The fourth-order valence-electron chi connectivity index (χ4n) is 3.03. The molecule has 1 aromatic heterocycles. The molecule has 25 heavy (non-hydrogen) atoms. The average molecular weight is 361 g/mol. The van der Waals surface area contributed by atoms with Crippen LogP contribution in [0.2, 0.25) is 0 Å². The Kier molecular flexibility index (Phi) is 5.08. The van der Waals surface area contributed by atoms with E-state index in [9.17, 15) is 9.90 Å². The summed E-state index contributed by atoms with van der Waals surface area (Å²) in [4.78, 5) is 23.8. The monoisotopic (exact) mass is 361 g/mol. The molecule has 1 aliphatic heterocycles. The number of aromatic nitrogens is 1. The van der Waals surface area contributed by atoms with Crippen molar-refractivity contribution in [1.82, 2.24) is 4.98 Å². The highest BCUT2D eigenvalue weighted by Gasteiger charge is 2.29. The minimum absolute atomic E-state index is 0.0919. The van der Waals surface area contributed by atoms with Gasteiger partial charge in [0, 0.05) is 13.1 Å². The molecule has 3 rings (SSSR count). The van der Waals surface area contributed by atoms with Crippen LogP contribution in [0.15, 0.2) is 24.3 Å². The first kappa shape index (κ1) is 17.8. The summed E-state index contributed by atoms with van der Waals surface area (Å²) in [5, 5.41) is 10.4. The molecule has 0 aliphatic carbocycles. The van der Waals surface area contributed by atoms with Gasteiger partial charge in [0.15, 0.2) is 10.8 Å². The van der Waals surface area contributed by atoms with Crippen LogP contribution in [0.3, 0.4) is 0 Å². The molecule has 0 spiro atoms. The highest BCUT2D eigenvalue weighted by atomic mass is 32.1. The Bertz CT molecular complexity index is 763. The van der Waals surface area contributed by atoms with E-state index in [2.05, 4.69) is 23.7 Å². The van der Waals surface area contributed by atoms with Crippen LogP contribution in [0.25, 0.3) is 10.4 Å². The molecule has 0 radical (unpaired) electrons. The van der Waals surface area contributed by atoms with Gasteiger partial charge in [-0.25, -0.2) is 15.7 Å². The van der Waals surface area contributed by atoms with Crippen LogP contribution in [0.5, 0.6) is 0 Å². The number of benzene rings is 1. The Morgan fingerprint density at radius 3 is 2.68 bits per heavy atom. The molecule has 0 unspecified atom stereocenters. The van der Waals surface area contributed by atoms with Crippen molar-refractivity contribution >= 4 is 22.4 Å². The number of anilines is 1. The van der Waals surface area contributed by atoms with E-state index in [4.69, 9.17) is 10.7 Å². The molecule has 1 aromatic carbocycles. The molecule has 3 N–H and O–H groups in total. The van der Waals surface area contributed by atoms with Gasteiger partial charge in [-0.2, -0.15) is 0 Å². The highest BCUT2D eigenvalue weighted by molar-refractivity contribution is 7.19. The number of carbonyl (C=O) groups is 1. The lowest BCUT2D eigenvalue weighted by Crippen LogP contribution is -2.37. The second kappa shape index (κ2) is 7.11. The quantitative estimate of drug-likeness (QED) is 0.792. The van der Waals surface area contributed by atoms with E-state index in [0.717, 1.165) is 42.2 Å². The number of carboxylic acid groups (broad SMARTS) is 1. The number of nitrogens with two attached hydrogens (primary N) is 1. The summed E-state index contributed by atoms with van der Waals surface area (Å²) < 4.78 is 0. The third kappa shape index (κ3) is 3.84. The van der Waals surface area contributed by atoms with Crippen LogP contribution in [0.4, 0.5) is 5.13 Å². The number of rotatable bonds is 5. The number of carboxylic acids is 1. The van der Waals surface area contributed by atoms with Crippen LogP contribution in [-0.2, 0) is 11.4 Å². The molecule has 2 aromatic rings. The zero-order chi connectivity index (χ0) is 18.0. The smallest absolute Gasteiger partial charge is 0.356 e. The predicted octanol–water partition coefficient (Wildman–Crippen LogP) is 3.53. The maximum Gasteiger partial charge on any atom is 0.356 e. The Balaban J connectivity index is 1.98. The number of thiazole rings is 1. The van der Waals surface area contributed by atoms with Gasteiger partial charge in [-0.3, -0.25) is 4.84 Å². The van der Waals surface area contributed by atoms with E-state index in [1.807, 2.05) is 24.3 Å². The molecule has 2 heterocycles. The number of hydrogen-bond donors (Lipinski definition) is 2. The summed E-state index contributed by atoms with van der Waals surface area (Å²) in [6.07, 6.45) is 2.14. The first-order valence-corrected chi connectivity index (χ1v) is 9.12. The van der Waals surface area contributed by atoms with Gasteiger partial charge in [-0.05, 0) is 29.4 Å². The standard InChI is InChI=1S/C18H23N3O3S/c1-18(2)7-9-21(10-8-18)17-20-14(16(22)23)15(25-17)13-6-4-3-5-12(13)11-24-19/h3-6H,7-11,19H2,1-2H3,(H,22,23). The third-order valence-electron chi connectivity index (χ3n) is 4.71. The van der Waals surface area contributed by atoms with Gasteiger partial charge in [0.1, 0.15) is 0 Å². The van der Waals surface area contributed by atoms with Crippen LogP contribution < -0.4 is 10.8 Å². The molecule has 7 heteroatoms. The lowest BCUT2D eigenvalue weighted by Gasteiger charge is -2.36. The van der Waals surface area contributed by atoms with E-state index in [1.165, 1.54) is 11.3 Å². The molecular weight excluding hydrogens is 338 g/mol. The highest BCUT2D eigenvalue weighted by Crippen LogP contribution is 2.39. The predicted molar refractivity (Wildman–Crippen MR) is 98.7 cm³/mol. The molecule has 6 nitrogen and oxygen atoms in total. The molecule has 134 valence electrons. The zero-order valence-electron chi connectivity index (χ0n) is 14.5. The van der Waals surface area contributed by atoms with Crippen molar-refractivity contribution in [2.24, 2.45) is 11.3 Å². The number of piperidine rings is 1. The Hall–Kier alpha value is -1.96. The van der Waals surface area contributed by atoms with Gasteiger partial charge < -0.3 is 10.0 Å². The van der Waals surface area contributed by atoms with Crippen molar-refractivity contribution in [3.05, 3.63) is 35.5 Å². The normalized spacial score (nSPS) is 16.8. The summed E-state index contributed by atoms with van der Waals surface area (Å²) in [7, 11) is 0. The molecule has 0 atom stereocenters. The van der Waals surface area contributed by atoms with Crippen molar-refractivity contribution in [2.45, 2.75) is 33.3 Å². The second-order valence-electron chi connectivity index (χ2n) is 7.10. The summed E-state index contributed by atoms with van der Waals surface area (Å²) in [6, 6.07) is 7.53. The molecular formula is C18H23N3O3S. The minimum atomic E-state index is -1.02. The topological polar surface area (TPSA) is 88.7 Å². The van der Waals surface area contributed by atoms with Crippen LogP contribution in [0.1, 0.15) is 42.7 Å². The van der Waals surface area contributed by atoms with Crippen LogP contribution in [0, 0.1) is 5.41 Å². The average Bonchev–Trinajstić information content (AvgIpc) is 3.01. The fraction of sp³-hybridized carbons (Fsp3) is 0.444. The number of hydrogen-bond acceptors (Lipinski definition) is 6. The van der Waals surface area contributed by atoms with Crippen LogP contribution >= 0.6 is 11.3 Å². The Morgan fingerprint density at radius 1 is 1.36 bits per heavy atom. The molecule has 0 amide bonds. The lowest BCUT2D eigenvalue weighted by atomic mass is 9.83. The summed E-state index contributed by atoms with van der Waals surface area (Å²) in [6.45, 7) is 6.55. The Morgan fingerprint density at radius 2 is 2.04 bits per heavy atom. The molecule has 0 bridgehead atoms. The summed E-state index contributed by atoms with van der Waals surface area (Å²) >= 11 is 1.43. The summed E-state index contributed by atoms with van der Waals surface area (Å²) in [5.41, 5.74) is 2.08. The van der Waals surface area contributed by atoms with Crippen molar-refractivity contribution in [1.29, 1.82) is 0 Å². The maximum atomic E-state index is 11.7. The minimum Gasteiger partial charge on any atom is -0.476 e. The van der Waals surface area contributed by atoms with Crippen molar-refractivity contribution in [3.63, 3.8) is 0 Å². The fourth-order valence-corrected chi connectivity index (χ4v) is 4.20. The van der Waals surface area contributed by atoms with Crippen molar-refractivity contribution in [2.75, 3.05) is 18.0 Å². The SMILES string of the molecule is CC1(C)CCN(c2nc(C(=O)O)c(-c3ccccc3CON)s2)CC1. The lowest BCUT2D eigenvalue weighted by molar-refractivity contribution is 0.0692. The molecule has 1 saturated heterocycles. The molecule has 1 aliphatic rings. The van der Waals surface area contributed by atoms with Crippen molar-refractivity contribution < 1.29 is 14.7 Å². The van der Waals surface area contributed by atoms with E-state index < -0.39 is 5.97 Å². The largest absolute Gasteiger partial charge is 0.476 e. The Labute approximate surface area is 151 Å². The molecule has 0 saturated carbocycles. The van der Waals surface area contributed by atoms with Gasteiger partial charge in [0.2, 0.25) is 0 Å². The number of aromatic carboxylic acids is 1. The van der Waals surface area contributed by atoms with E-state index in [0.29, 0.717) is 10.3 Å². The first-order chi connectivity index (χ1) is 11.9. The van der Waals surface area contributed by atoms with E-state index in [-0.39, 0.29) is 12.3 Å². The van der Waals surface area contributed by atoms with Gasteiger partial charge >= 0.3 is 5.97 Å². The van der Waals surface area contributed by atoms with E-state index >= 15 is 0 Å². The maximum absolute atomic E-state index is 11.7. The second-order valence-corrected chi connectivity index (χ2v) is 8.08. The van der Waals surface area contributed by atoms with Crippen LogP contribution in [-0.4, -0.2) is 29.1 Å². The summed E-state index contributed by atoms with van der Waals surface area (Å²) in [5.74, 6) is 4.20. The zero-order valence-corrected chi connectivity index (χ0v) is 15.3. The third-order valence-corrected chi connectivity index (χ3v) is 5.86. The van der Waals surface area contributed by atoms with Gasteiger partial charge in [0.05, 0.1) is 11.5 Å².